The molecule has 6 heteroatoms. The molecule has 0 spiro atoms. The zero-order valence-corrected chi connectivity index (χ0v) is 14.2. The number of rotatable bonds is 9. The predicted octanol–water partition coefficient (Wildman–Crippen LogP) is 1.65. The van der Waals surface area contributed by atoms with Gasteiger partial charge in [-0.3, -0.25) is 4.79 Å². The molecule has 1 fully saturated rings. The van der Waals surface area contributed by atoms with Crippen molar-refractivity contribution in [1.29, 1.82) is 0 Å². The largest absolute Gasteiger partial charge is 0.481 e. The van der Waals surface area contributed by atoms with Crippen LogP contribution in [-0.2, 0) is 9.59 Å². The van der Waals surface area contributed by atoms with Gasteiger partial charge in [-0.15, -0.1) is 0 Å². The van der Waals surface area contributed by atoms with Crippen LogP contribution >= 0.6 is 11.8 Å². The number of aldehydes is 1. The van der Waals surface area contributed by atoms with Crippen LogP contribution in [0.5, 0.6) is 0 Å². The summed E-state index contributed by atoms with van der Waals surface area (Å²) in [4.78, 5) is 21.5. The Hall–Kier alpha value is -0.590. The first-order valence-electron chi connectivity index (χ1n) is 7.44. The van der Waals surface area contributed by atoms with Crippen molar-refractivity contribution in [3.05, 3.63) is 0 Å². The highest BCUT2D eigenvalue weighted by atomic mass is 32.2. The van der Waals surface area contributed by atoms with Gasteiger partial charge in [0.05, 0.1) is 12.5 Å². The molecule has 1 saturated heterocycles. The Morgan fingerprint density at radius 1 is 1.57 bits per heavy atom. The van der Waals surface area contributed by atoms with Crippen LogP contribution in [0, 0.1) is 5.92 Å². The van der Waals surface area contributed by atoms with Gasteiger partial charge in [0.25, 0.3) is 0 Å². The van der Waals surface area contributed by atoms with E-state index in [0.29, 0.717) is 28.7 Å². The third-order valence-electron chi connectivity index (χ3n) is 4.30. The van der Waals surface area contributed by atoms with Crippen LogP contribution in [-0.4, -0.2) is 45.5 Å². The molecule has 1 heterocycles. The van der Waals surface area contributed by atoms with Gasteiger partial charge in [-0.2, -0.15) is 11.8 Å². The molecule has 0 aliphatic carbocycles. The molecular weight excluding hydrogens is 288 g/mol. The van der Waals surface area contributed by atoms with E-state index in [0.717, 1.165) is 12.8 Å². The number of nitrogens with one attached hydrogen (secondary N) is 1. The van der Waals surface area contributed by atoms with Crippen LogP contribution in [0.2, 0.25) is 0 Å². The summed E-state index contributed by atoms with van der Waals surface area (Å²) in [6.07, 6.45) is 2.35. The third-order valence-corrected chi connectivity index (χ3v) is 5.91. The molecule has 0 radical (unpaired) electrons. The first-order chi connectivity index (χ1) is 9.57. The zero-order valence-electron chi connectivity index (χ0n) is 13.4. The summed E-state index contributed by atoms with van der Waals surface area (Å²) in [6, 6.07) is -0.667. The van der Waals surface area contributed by atoms with E-state index in [9.17, 15) is 9.59 Å². The van der Waals surface area contributed by atoms with Crippen molar-refractivity contribution >= 4 is 24.0 Å². The Kier molecular flexibility index (Phi) is 6.25. The number of carboxylic acids is 1. The zero-order chi connectivity index (χ0) is 16.3. The van der Waals surface area contributed by atoms with Gasteiger partial charge >= 0.3 is 5.97 Å². The summed E-state index contributed by atoms with van der Waals surface area (Å²) >= 11 is 2.01. The van der Waals surface area contributed by atoms with E-state index in [1.165, 1.54) is 0 Å². The maximum absolute atomic E-state index is 10.8. The molecule has 1 aliphatic rings. The molecule has 0 aromatic rings. The van der Waals surface area contributed by atoms with Crippen molar-refractivity contribution < 1.29 is 14.7 Å². The summed E-state index contributed by atoms with van der Waals surface area (Å²) < 4.78 is 0.317. The quantitative estimate of drug-likeness (QED) is 0.560. The van der Waals surface area contributed by atoms with Gasteiger partial charge in [0.2, 0.25) is 0 Å². The standard InChI is InChI=1S/C15H28N2O3S/c1-10-12(14(2,3)21-10)5-6-15(4,16)9-17-11(8-18)7-13(19)20/h8,10-12,17H,5-7,9,16H2,1-4H3,(H,19,20)/t10?,11-,12?,15?/m0/s1. The van der Waals surface area contributed by atoms with Crippen molar-refractivity contribution in [1.82, 2.24) is 5.32 Å². The summed E-state index contributed by atoms with van der Waals surface area (Å²) in [7, 11) is 0. The van der Waals surface area contributed by atoms with Crippen LogP contribution in [0.25, 0.3) is 0 Å². The number of hydrogen-bond acceptors (Lipinski definition) is 5. The second-order valence-corrected chi connectivity index (χ2v) is 8.98. The molecule has 0 amide bonds. The topological polar surface area (TPSA) is 92.4 Å². The molecule has 1 rings (SSSR count). The lowest BCUT2D eigenvalue weighted by molar-refractivity contribution is -0.138. The lowest BCUT2D eigenvalue weighted by atomic mass is 9.82. The third kappa shape index (κ3) is 5.60. The maximum atomic E-state index is 10.8. The normalized spacial score (nSPS) is 28.2. The van der Waals surface area contributed by atoms with Crippen molar-refractivity contribution in [3.8, 4) is 0 Å². The van der Waals surface area contributed by atoms with Crippen LogP contribution in [0.15, 0.2) is 0 Å². The molecule has 0 saturated carbocycles. The van der Waals surface area contributed by atoms with Gasteiger partial charge in [0, 0.05) is 22.1 Å². The smallest absolute Gasteiger partial charge is 0.305 e. The molecular formula is C15H28N2O3S. The first-order valence-corrected chi connectivity index (χ1v) is 8.32. The van der Waals surface area contributed by atoms with Gasteiger partial charge in [-0.25, -0.2) is 0 Å². The lowest BCUT2D eigenvalue weighted by Crippen LogP contribution is -2.52. The van der Waals surface area contributed by atoms with Gasteiger partial charge in [-0.1, -0.05) is 20.8 Å². The minimum Gasteiger partial charge on any atom is -0.481 e. The van der Waals surface area contributed by atoms with E-state index < -0.39 is 17.6 Å². The van der Waals surface area contributed by atoms with Crippen molar-refractivity contribution in [2.75, 3.05) is 6.54 Å². The van der Waals surface area contributed by atoms with Gasteiger partial charge in [0.1, 0.15) is 6.29 Å². The van der Waals surface area contributed by atoms with Crippen molar-refractivity contribution in [2.45, 2.75) is 68.5 Å². The Balaban J connectivity index is 2.39. The van der Waals surface area contributed by atoms with E-state index in [4.69, 9.17) is 10.8 Å². The molecule has 4 N–H and O–H groups in total. The van der Waals surface area contributed by atoms with E-state index in [-0.39, 0.29) is 6.42 Å². The summed E-state index contributed by atoms with van der Waals surface area (Å²) in [5.41, 5.74) is 5.84. The monoisotopic (exact) mass is 316 g/mol. The Labute approximate surface area is 131 Å². The average molecular weight is 316 g/mol. The van der Waals surface area contributed by atoms with Crippen molar-refractivity contribution in [2.24, 2.45) is 11.7 Å². The van der Waals surface area contributed by atoms with E-state index in [1.807, 2.05) is 18.7 Å². The van der Waals surface area contributed by atoms with Gasteiger partial charge in [-0.05, 0) is 25.7 Å². The minimum absolute atomic E-state index is 0.205. The second kappa shape index (κ2) is 7.11. The van der Waals surface area contributed by atoms with Gasteiger partial charge < -0.3 is 21.0 Å². The molecule has 3 unspecified atom stereocenters. The van der Waals surface area contributed by atoms with Crippen LogP contribution in [0.4, 0.5) is 0 Å². The Bertz CT molecular complexity index is 385. The molecule has 0 aromatic heterocycles. The summed E-state index contributed by atoms with van der Waals surface area (Å²) in [5.74, 6) is -0.327. The number of carbonyl (C=O) groups is 2. The number of carboxylic acid groups (broad SMARTS) is 1. The maximum Gasteiger partial charge on any atom is 0.305 e. The molecule has 4 atom stereocenters. The number of carbonyl (C=O) groups excluding carboxylic acids is 1. The Morgan fingerprint density at radius 3 is 2.62 bits per heavy atom. The average Bonchev–Trinajstić information content (AvgIpc) is 2.32. The fourth-order valence-electron chi connectivity index (χ4n) is 3.02. The van der Waals surface area contributed by atoms with Crippen LogP contribution in [0.1, 0.15) is 47.0 Å². The number of hydrogen-bond donors (Lipinski definition) is 3. The molecule has 0 aromatic carbocycles. The van der Waals surface area contributed by atoms with Gasteiger partial charge in [0.15, 0.2) is 0 Å². The summed E-state index contributed by atoms with van der Waals surface area (Å²) in [6.45, 7) is 9.18. The van der Waals surface area contributed by atoms with Crippen molar-refractivity contribution in [3.63, 3.8) is 0 Å². The molecule has 122 valence electrons. The fourth-order valence-corrected chi connectivity index (χ4v) is 4.89. The highest BCUT2D eigenvalue weighted by Crippen LogP contribution is 2.53. The highest BCUT2D eigenvalue weighted by molar-refractivity contribution is 8.02. The molecule has 5 nitrogen and oxygen atoms in total. The highest BCUT2D eigenvalue weighted by Gasteiger charge is 2.45. The number of aliphatic carboxylic acids is 1. The fraction of sp³-hybridized carbons (Fsp3) is 0.867. The van der Waals surface area contributed by atoms with Crippen LogP contribution in [0.3, 0.4) is 0 Å². The van der Waals surface area contributed by atoms with E-state index >= 15 is 0 Å². The Morgan fingerprint density at radius 2 is 2.19 bits per heavy atom. The molecule has 21 heavy (non-hydrogen) atoms. The number of nitrogens with two attached hydrogens (primary N) is 1. The SMILES string of the molecule is CC1SC(C)(C)C1CCC(C)(N)CN[C@H](C=O)CC(=O)O. The van der Waals surface area contributed by atoms with E-state index in [1.54, 1.807) is 0 Å². The van der Waals surface area contributed by atoms with Crippen LogP contribution < -0.4 is 11.1 Å². The molecule has 1 aliphatic heterocycles. The summed E-state index contributed by atoms with van der Waals surface area (Å²) in [5, 5.41) is 12.3. The first kappa shape index (κ1) is 18.5. The molecule has 0 bridgehead atoms. The lowest BCUT2D eigenvalue weighted by Gasteiger charge is -2.50. The number of thioether (sulfide) groups is 1. The second-order valence-electron chi connectivity index (χ2n) is 6.95. The van der Waals surface area contributed by atoms with E-state index in [2.05, 4.69) is 26.1 Å². The predicted molar refractivity (Wildman–Crippen MR) is 86.6 cm³/mol. The minimum atomic E-state index is -0.986.